The van der Waals surface area contributed by atoms with Crippen LogP contribution in [0.5, 0.6) is 0 Å². The zero-order valence-electron chi connectivity index (χ0n) is 11.1. The Morgan fingerprint density at radius 3 is 3.00 bits per heavy atom. The molecule has 0 saturated carbocycles. The predicted octanol–water partition coefficient (Wildman–Crippen LogP) is 2.84. The van der Waals surface area contributed by atoms with E-state index in [1.54, 1.807) is 23.9 Å². The van der Waals surface area contributed by atoms with E-state index in [2.05, 4.69) is 4.98 Å². The molecule has 6 heteroatoms. The molecule has 2 N–H and O–H groups in total. The number of halogens is 1. The Labute approximate surface area is 120 Å². The summed E-state index contributed by atoms with van der Waals surface area (Å²) in [6.45, 7) is 1.85. The van der Waals surface area contributed by atoms with E-state index in [9.17, 15) is 9.18 Å². The Morgan fingerprint density at radius 2 is 2.35 bits per heavy atom. The van der Waals surface area contributed by atoms with Crippen molar-refractivity contribution in [3.8, 4) is 0 Å². The van der Waals surface area contributed by atoms with E-state index in [4.69, 9.17) is 5.73 Å². The van der Waals surface area contributed by atoms with E-state index >= 15 is 0 Å². The highest BCUT2D eigenvalue weighted by atomic mass is 32.2. The SMILES string of the molecule is CC1=C(c2cccnc2F)C=C2CCSC[N+]21C(N)=O. The van der Waals surface area contributed by atoms with Gasteiger partial charge in [-0.2, -0.15) is 8.87 Å². The molecule has 0 aromatic carbocycles. The molecule has 0 radical (unpaired) electrons. The van der Waals surface area contributed by atoms with E-state index in [0.717, 1.165) is 29.1 Å². The second-order valence-electron chi connectivity index (χ2n) is 4.91. The van der Waals surface area contributed by atoms with Gasteiger partial charge in [-0.1, -0.05) is 0 Å². The minimum atomic E-state index is -0.520. The average molecular weight is 292 g/mol. The van der Waals surface area contributed by atoms with Gasteiger partial charge < -0.3 is 5.73 Å². The molecule has 104 valence electrons. The maximum absolute atomic E-state index is 13.9. The number of nitrogens with two attached hydrogens (primary N) is 1. The maximum Gasteiger partial charge on any atom is 0.424 e. The summed E-state index contributed by atoms with van der Waals surface area (Å²) in [7, 11) is 0. The van der Waals surface area contributed by atoms with Gasteiger partial charge in [-0.3, -0.25) is 0 Å². The fraction of sp³-hybridized carbons (Fsp3) is 0.286. The van der Waals surface area contributed by atoms with Gasteiger partial charge in [0.05, 0.1) is 0 Å². The minimum absolute atomic E-state index is 0.0360. The van der Waals surface area contributed by atoms with E-state index < -0.39 is 12.0 Å². The number of carbonyl (C=O) groups is 1. The lowest BCUT2D eigenvalue weighted by molar-refractivity contribution is -0.755. The van der Waals surface area contributed by atoms with Crippen LogP contribution in [0, 0.1) is 5.95 Å². The molecule has 2 aliphatic rings. The summed E-state index contributed by atoms with van der Waals surface area (Å²) in [6.07, 6.45) is 4.11. The third-order valence-electron chi connectivity index (χ3n) is 3.98. The Balaban J connectivity index is 2.20. The van der Waals surface area contributed by atoms with Crippen LogP contribution in [0.2, 0.25) is 0 Å². The summed E-state index contributed by atoms with van der Waals surface area (Å²) in [5, 5.41) is 0. The van der Waals surface area contributed by atoms with E-state index in [1.807, 2.05) is 13.0 Å². The van der Waals surface area contributed by atoms with Crippen molar-refractivity contribution in [1.29, 1.82) is 0 Å². The number of quaternary nitrogens is 1. The molecule has 1 aromatic heterocycles. The van der Waals surface area contributed by atoms with Crippen molar-refractivity contribution < 1.29 is 13.7 Å². The van der Waals surface area contributed by atoms with Crippen molar-refractivity contribution in [2.75, 3.05) is 11.6 Å². The number of hydrogen-bond acceptors (Lipinski definition) is 3. The number of amides is 2. The third-order valence-corrected chi connectivity index (χ3v) is 5.04. The molecular weight excluding hydrogens is 277 g/mol. The highest BCUT2D eigenvalue weighted by Gasteiger charge is 2.49. The van der Waals surface area contributed by atoms with Crippen LogP contribution in [0.4, 0.5) is 9.18 Å². The molecule has 1 saturated heterocycles. The maximum atomic E-state index is 13.9. The van der Waals surface area contributed by atoms with Gasteiger partial charge in [0.15, 0.2) is 0 Å². The molecule has 20 heavy (non-hydrogen) atoms. The van der Waals surface area contributed by atoms with E-state index in [0.29, 0.717) is 11.4 Å². The van der Waals surface area contributed by atoms with Crippen molar-refractivity contribution in [2.24, 2.45) is 5.73 Å². The van der Waals surface area contributed by atoms with Crippen LogP contribution in [-0.2, 0) is 0 Å². The fourth-order valence-electron chi connectivity index (χ4n) is 2.85. The largest absolute Gasteiger partial charge is 0.424 e. The van der Waals surface area contributed by atoms with Crippen LogP contribution in [0.25, 0.3) is 5.57 Å². The molecule has 3 heterocycles. The van der Waals surface area contributed by atoms with Crippen LogP contribution < -0.4 is 5.73 Å². The lowest BCUT2D eigenvalue weighted by Crippen LogP contribution is -2.53. The molecule has 1 unspecified atom stereocenters. The van der Waals surface area contributed by atoms with Gasteiger partial charge in [0.2, 0.25) is 5.95 Å². The first kappa shape index (κ1) is 13.3. The molecule has 0 spiro atoms. The summed E-state index contributed by atoms with van der Waals surface area (Å²) in [5.74, 6) is 1.02. The average Bonchev–Trinajstić information content (AvgIpc) is 2.74. The standard InChI is InChI=1S/C14H14FN3OS/c1-9-12(11-3-2-5-17-13(11)15)7-10-4-6-20-8-18(9,10)14(16)19/h2-3,5,7H,4,6,8H2,1H3,(H-,16,19)/p+1. The normalized spacial score (nSPS) is 25.4. The van der Waals surface area contributed by atoms with Gasteiger partial charge >= 0.3 is 6.03 Å². The van der Waals surface area contributed by atoms with Crippen LogP contribution >= 0.6 is 11.8 Å². The summed E-state index contributed by atoms with van der Waals surface area (Å²) in [4.78, 5) is 15.7. The minimum Gasteiger partial charge on any atom is -0.318 e. The van der Waals surface area contributed by atoms with Crippen molar-refractivity contribution >= 4 is 23.4 Å². The molecule has 0 bridgehead atoms. The molecule has 0 aliphatic carbocycles. The second-order valence-corrected chi connectivity index (χ2v) is 5.99. The molecular formula is C14H15FN3OS+. The summed E-state index contributed by atoms with van der Waals surface area (Å²) < 4.78 is 14.0. The van der Waals surface area contributed by atoms with Gasteiger partial charge in [-0.05, 0) is 12.1 Å². The topological polar surface area (TPSA) is 56.0 Å². The predicted molar refractivity (Wildman–Crippen MR) is 76.7 cm³/mol. The number of fused-ring (bicyclic) bond motifs is 1. The summed E-state index contributed by atoms with van der Waals surface area (Å²) >= 11 is 1.69. The number of urea groups is 1. The summed E-state index contributed by atoms with van der Waals surface area (Å²) in [6, 6.07) is 2.97. The smallest absolute Gasteiger partial charge is 0.318 e. The Bertz CT molecular complexity index is 656. The molecule has 2 aliphatic heterocycles. The van der Waals surface area contributed by atoms with Crippen molar-refractivity contribution in [1.82, 2.24) is 4.98 Å². The number of nitrogens with zero attached hydrogens (tertiary/aromatic N) is 2. The summed E-state index contributed by atoms with van der Waals surface area (Å²) in [5.41, 5.74) is 8.54. The number of aromatic nitrogens is 1. The number of primary amides is 1. The van der Waals surface area contributed by atoms with Gasteiger partial charge in [0.1, 0.15) is 17.3 Å². The fourth-order valence-corrected chi connectivity index (χ4v) is 4.10. The van der Waals surface area contributed by atoms with Gasteiger partial charge in [0.25, 0.3) is 0 Å². The van der Waals surface area contributed by atoms with Crippen molar-refractivity contribution in [2.45, 2.75) is 13.3 Å². The molecule has 1 fully saturated rings. The monoisotopic (exact) mass is 292 g/mol. The van der Waals surface area contributed by atoms with Crippen LogP contribution in [0.15, 0.2) is 35.8 Å². The number of rotatable bonds is 1. The Morgan fingerprint density at radius 1 is 1.55 bits per heavy atom. The van der Waals surface area contributed by atoms with Crippen LogP contribution in [-0.4, -0.2) is 27.1 Å². The lowest BCUT2D eigenvalue weighted by Gasteiger charge is -2.35. The Hall–Kier alpha value is -1.66. The lowest BCUT2D eigenvalue weighted by atomic mass is 10.1. The van der Waals surface area contributed by atoms with Gasteiger partial charge in [0, 0.05) is 42.5 Å². The number of carbonyl (C=O) groups excluding carboxylic acids is 1. The molecule has 3 rings (SSSR count). The second kappa shape index (κ2) is 4.71. The number of hydrogen-bond donors (Lipinski definition) is 1. The zero-order chi connectivity index (χ0) is 14.3. The molecule has 2 amide bonds. The quantitative estimate of drug-likeness (QED) is 0.639. The molecule has 4 nitrogen and oxygen atoms in total. The third kappa shape index (κ3) is 1.72. The zero-order valence-corrected chi connectivity index (χ0v) is 11.9. The number of thioether (sulfide) groups is 1. The van der Waals surface area contributed by atoms with Crippen molar-refractivity contribution in [3.05, 3.63) is 47.3 Å². The van der Waals surface area contributed by atoms with Gasteiger partial charge in [-0.25, -0.2) is 9.78 Å². The highest BCUT2D eigenvalue weighted by Crippen LogP contribution is 2.45. The van der Waals surface area contributed by atoms with Crippen molar-refractivity contribution in [3.63, 3.8) is 0 Å². The first-order valence-corrected chi connectivity index (χ1v) is 7.52. The number of pyridine rings is 1. The van der Waals surface area contributed by atoms with E-state index in [1.165, 1.54) is 6.20 Å². The molecule has 1 atom stereocenters. The van der Waals surface area contributed by atoms with E-state index in [-0.39, 0.29) is 4.48 Å². The number of allylic oxidation sites excluding steroid dienone is 4. The first-order chi connectivity index (χ1) is 9.57. The molecule has 1 aromatic rings. The van der Waals surface area contributed by atoms with Crippen LogP contribution in [0.1, 0.15) is 18.9 Å². The first-order valence-electron chi connectivity index (χ1n) is 6.36. The van der Waals surface area contributed by atoms with Gasteiger partial charge in [-0.15, -0.1) is 11.8 Å². The van der Waals surface area contributed by atoms with Crippen LogP contribution in [0.3, 0.4) is 0 Å². The highest BCUT2D eigenvalue weighted by molar-refractivity contribution is 7.99. The Kier molecular flexibility index (Phi) is 3.14.